The van der Waals surface area contributed by atoms with Gasteiger partial charge in [0.1, 0.15) is 0 Å². The summed E-state index contributed by atoms with van der Waals surface area (Å²) in [7, 11) is 1.00. The number of aliphatic hydroxyl groups is 2. The Balaban J connectivity index is -0.000000110. The SMILES string of the molecule is CC.CC.CC.CC1CCCCO1.CO.OCC1CCCCO1. The van der Waals surface area contributed by atoms with Gasteiger partial charge in [0.15, 0.2) is 0 Å². The van der Waals surface area contributed by atoms with E-state index in [4.69, 9.17) is 19.7 Å². The van der Waals surface area contributed by atoms with Crippen molar-refractivity contribution in [2.75, 3.05) is 26.9 Å². The molecule has 0 aromatic rings. The standard InChI is InChI=1S/C6H12O2.C6H12O.3C2H6.CH4O/c7-5-6-3-1-2-4-8-6;1-6-4-2-3-5-7-6;4*1-2/h6-7H,1-5H2;6H,2-5H2,1H3;3*1-2H3;2H,1H3. The highest BCUT2D eigenvalue weighted by atomic mass is 16.5. The van der Waals surface area contributed by atoms with Crippen molar-refractivity contribution in [1.29, 1.82) is 0 Å². The third kappa shape index (κ3) is 27.0. The van der Waals surface area contributed by atoms with E-state index in [-0.39, 0.29) is 12.7 Å². The molecule has 2 unspecified atom stereocenters. The minimum absolute atomic E-state index is 0.142. The van der Waals surface area contributed by atoms with Crippen molar-refractivity contribution in [3.8, 4) is 0 Å². The van der Waals surface area contributed by atoms with E-state index < -0.39 is 0 Å². The highest BCUT2D eigenvalue weighted by molar-refractivity contribution is 4.60. The lowest BCUT2D eigenvalue weighted by atomic mass is 10.1. The molecule has 0 radical (unpaired) electrons. The third-order valence-corrected chi connectivity index (χ3v) is 2.88. The predicted molar refractivity (Wildman–Crippen MR) is 102 cm³/mol. The highest BCUT2D eigenvalue weighted by Crippen LogP contribution is 2.11. The fourth-order valence-electron chi connectivity index (χ4n) is 1.85. The lowest BCUT2D eigenvalue weighted by Gasteiger charge is -2.19. The summed E-state index contributed by atoms with van der Waals surface area (Å²) in [6, 6.07) is 0. The molecule has 0 aliphatic carbocycles. The molecule has 2 aliphatic rings. The molecule has 2 fully saturated rings. The summed E-state index contributed by atoms with van der Waals surface area (Å²) >= 11 is 0. The van der Waals surface area contributed by atoms with E-state index >= 15 is 0 Å². The molecule has 2 rings (SSSR count). The van der Waals surface area contributed by atoms with Crippen LogP contribution >= 0.6 is 0 Å². The normalized spacial score (nSPS) is 21.7. The van der Waals surface area contributed by atoms with Crippen LogP contribution in [0.15, 0.2) is 0 Å². The maximum atomic E-state index is 8.57. The molecule has 4 heteroatoms. The summed E-state index contributed by atoms with van der Waals surface area (Å²) in [5, 5.41) is 15.6. The second-order valence-corrected chi connectivity index (χ2v) is 4.35. The first kappa shape index (κ1) is 30.7. The molecule has 0 aromatic heterocycles. The van der Waals surface area contributed by atoms with Crippen LogP contribution in [-0.2, 0) is 9.47 Å². The highest BCUT2D eigenvalue weighted by Gasteiger charge is 2.10. The molecule has 2 aliphatic heterocycles. The summed E-state index contributed by atoms with van der Waals surface area (Å²) in [6.07, 6.45) is 7.99. The lowest BCUT2D eigenvalue weighted by Crippen LogP contribution is -2.22. The molecule has 0 saturated carbocycles. The minimum atomic E-state index is 0.142. The summed E-state index contributed by atoms with van der Waals surface area (Å²) < 4.78 is 10.5. The first-order chi connectivity index (χ1) is 11.3. The van der Waals surface area contributed by atoms with Crippen LogP contribution in [0.4, 0.5) is 0 Å². The van der Waals surface area contributed by atoms with Crippen LogP contribution in [0.5, 0.6) is 0 Å². The Morgan fingerprint density at radius 1 is 0.739 bits per heavy atom. The van der Waals surface area contributed by atoms with Gasteiger partial charge in [-0.15, -0.1) is 0 Å². The number of hydrogen-bond donors (Lipinski definition) is 2. The van der Waals surface area contributed by atoms with Crippen LogP contribution in [0.3, 0.4) is 0 Å². The van der Waals surface area contributed by atoms with E-state index in [2.05, 4.69) is 6.92 Å². The average molecular weight is 339 g/mol. The molecule has 2 saturated heterocycles. The molecule has 0 aromatic carbocycles. The van der Waals surface area contributed by atoms with Crippen molar-refractivity contribution >= 4 is 0 Å². The fraction of sp³-hybridized carbons (Fsp3) is 1.00. The molecule has 2 atom stereocenters. The van der Waals surface area contributed by atoms with Crippen molar-refractivity contribution in [2.45, 2.75) is 99.2 Å². The second-order valence-electron chi connectivity index (χ2n) is 4.35. The van der Waals surface area contributed by atoms with E-state index in [0.29, 0.717) is 6.10 Å². The second kappa shape index (κ2) is 33.4. The number of hydrogen-bond acceptors (Lipinski definition) is 4. The van der Waals surface area contributed by atoms with Crippen LogP contribution in [0, 0.1) is 0 Å². The molecule has 0 spiro atoms. The van der Waals surface area contributed by atoms with Gasteiger partial charge in [-0.25, -0.2) is 0 Å². The quantitative estimate of drug-likeness (QED) is 0.720. The molecule has 0 bridgehead atoms. The van der Waals surface area contributed by atoms with Crippen LogP contribution < -0.4 is 0 Å². The molecule has 2 N–H and O–H groups in total. The smallest absolute Gasteiger partial charge is 0.0805 e. The van der Waals surface area contributed by atoms with Gasteiger partial charge in [-0.05, 0) is 45.4 Å². The lowest BCUT2D eigenvalue weighted by molar-refractivity contribution is -0.0172. The van der Waals surface area contributed by atoms with Crippen LogP contribution in [0.25, 0.3) is 0 Å². The van der Waals surface area contributed by atoms with Crippen molar-refractivity contribution in [1.82, 2.24) is 0 Å². The molecule has 23 heavy (non-hydrogen) atoms. The number of rotatable bonds is 1. The Morgan fingerprint density at radius 2 is 1.17 bits per heavy atom. The topological polar surface area (TPSA) is 58.9 Å². The molecular weight excluding hydrogens is 292 g/mol. The molecule has 146 valence electrons. The fourth-order valence-corrected chi connectivity index (χ4v) is 1.85. The molecule has 2 heterocycles. The zero-order chi connectivity index (χ0) is 18.9. The number of aliphatic hydroxyl groups excluding tert-OH is 2. The molecule has 4 nitrogen and oxygen atoms in total. The Kier molecular flexibility index (Phi) is 44.6. The Morgan fingerprint density at radius 3 is 1.35 bits per heavy atom. The van der Waals surface area contributed by atoms with Gasteiger partial charge in [0.05, 0.1) is 18.8 Å². The van der Waals surface area contributed by atoms with Crippen molar-refractivity contribution in [3.05, 3.63) is 0 Å². The summed E-state index contributed by atoms with van der Waals surface area (Å²) in [5.41, 5.74) is 0. The first-order valence-corrected chi connectivity index (χ1v) is 9.61. The van der Waals surface area contributed by atoms with Gasteiger partial charge in [-0.1, -0.05) is 41.5 Å². The first-order valence-electron chi connectivity index (χ1n) is 9.61. The van der Waals surface area contributed by atoms with Crippen molar-refractivity contribution in [2.24, 2.45) is 0 Å². The summed E-state index contributed by atoms with van der Waals surface area (Å²) in [4.78, 5) is 0. The maximum absolute atomic E-state index is 8.57. The monoisotopic (exact) mass is 338 g/mol. The summed E-state index contributed by atoms with van der Waals surface area (Å²) in [5.74, 6) is 0. The number of ether oxygens (including phenoxy) is 2. The molecule has 0 amide bonds. The van der Waals surface area contributed by atoms with Gasteiger partial charge in [-0.3, -0.25) is 0 Å². The van der Waals surface area contributed by atoms with Gasteiger partial charge < -0.3 is 19.7 Å². The van der Waals surface area contributed by atoms with Crippen LogP contribution in [0.2, 0.25) is 0 Å². The summed E-state index contributed by atoms with van der Waals surface area (Å²) in [6.45, 7) is 16.2. The van der Waals surface area contributed by atoms with E-state index in [9.17, 15) is 0 Å². The maximum Gasteiger partial charge on any atom is 0.0805 e. The van der Waals surface area contributed by atoms with Crippen molar-refractivity contribution in [3.63, 3.8) is 0 Å². The Bertz CT molecular complexity index is 142. The van der Waals surface area contributed by atoms with E-state index in [1.165, 1.54) is 25.7 Å². The van der Waals surface area contributed by atoms with E-state index in [1.807, 2.05) is 41.5 Å². The average Bonchev–Trinajstić information content (AvgIpc) is 2.70. The largest absolute Gasteiger partial charge is 0.400 e. The van der Waals surface area contributed by atoms with Gasteiger partial charge in [0.25, 0.3) is 0 Å². The Hall–Kier alpha value is -0.160. The van der Waals surface area contributed by atoms with Crippen LogP contribution in [0.1, 0.15) is 87.0 Å². The zero-order valence-electron chi connectivity index (χ0n) is 17.2. The third-order valence-electron chi connectivity index (χ3n) is 2.88. The zero-order valence-corrected chi connectivity index (χ0v) is 17.2. The van der Waals surface area contributed by atoms with Gasteiger partial charge in [0.2, 0.25) is 0 Å². The Labute approximate surface area is 146 Å². The minimum Gasteiger partial charge on any atom is -0.400 e. The molecular formula is C19H46O4. The van der Waals surface area contributed by atoms with E-state index in [1.54, 1.807) is 0 Å². The predicted octanol–water partition coefficient (Wildman–Crippen LogP) is 4.81. The van der Waals surface area contributed by atoms with Gasteiger partial charge in [-0.2, -0.15) is 0 Å². The van der Waals surface area contributed by atoms with Gasteiger partial charge >= 0.3 is 0 Å². The van der Waals surface area contributed by atoms with Crippen LogP contribution in [-0.4, -0.2) is 49.4 Å². The van der Waals surface area contributed by atoms with Gasteiger partial charge in [0, 0.05) is 20.3 Å². The van der Waals surface area contributed by atoms with Crippen molar-refractivity contribution < 1.29 is 19.7 Å². The van der Waals surface area contributed by atoms with E-state index in [0.717, 1.165) is 33.2 Å².